The van der Waals surface area contributed by atoms with Gasteiger partial charge in [-0.3, -0.25) is 69.8 Å². The van der Waals surface area contributed by atoms with Gasteiger partial charge in [-0.15, -0.1) is 0 Å². The summed E-state index contributed by atoms with van der Waals surface area (Å²) in [6.07, 6.45) is -14.4. The third-order valence-electron chi connectivity index (χ3n) is 14.1. The summed E-state index contributed by atoms with van der Waals surface area (Å²) in [4.78, 5) is 183. The molecule has 0 saturated carbocycles. The van der Waals surface area contributed by atoms with Gasteiger partial charge in [-0.05, 0) is 0 Å². The minimum atomic E-state index is -5.59. The molecule has 598 valence electrons. The number of anilines is 2. The van der Waals surface area contributed by atoms with E-state index in [2.05, 4.69) is 68.8 Å². The average Bonchev–Trinajstić information content (AvgIpc) is 1.62. The first-order valence-corrected chi connectivity index (χ1v) is 41.2. The number of ether oxygens (including phenoxy) is 2. The second kappa shape index (κ2) is 39.0. The molecule has 0 spiro atoms. The Bertz CT molecular complexity index is 4060. The van der Waals surface area contributed by atoms with E-state index >= 15 is 0 Å². The summed E-state index contributed by atoms with van der Waals surface area (Å²) >= 11 is 1.87. The van der Waals surface area contributed by atoms with Crippen molar-refractivity contribution in [3.05, 3.63) is 25.3 Å². The fourth-order valence-corrected chi connectivity index (χ4v) is 15.7. The second-order valence-electron chi connectivity index (χ2n) is 23.6. The number of nitrogens with two attached hydrogens (primary N) is 2. The highest BCUT2D eigenvalue weighted by molar-refractivity contribution is 8.13. The molecule has 4 aromatic rings. The van der Waals surface area contributed by atoms with E-state index in [0.717, 1.165) is 58.0 Å². The van der Waals surface area contributed by atoms with Gasteiger partial charge in [0.15, 0.2) is 45.6 Å². The number of nitrogen functional groups attached to an aromatic ring is 2. The number of phosphoric acid groups is 6. The van der Waals surface area contributed by atoms with Crippen LogP contribution in [0, 0.1) is 10.8 Å². The Morgan fingerprint density at radius 2 is 0.915 bits per heavy atom. The number of nitrogens with zero attached hydrogens (tertiary/aromatic N) is 8. The zero-order valence-electron chi connectivity index (χ0n) is 55.9. The van der Waals surface area contributed by atoms with E-state index in [9.17, 15) is 121 Å². The summed E-state index contributed by atoms with van der Waals surface area (Å²) in [5.74, 6) is -3.60. The van der Waals surface area contributed by atoms with Gasteiger partial charge >= 0.3 is 52.9 Å². The number of carboxylic acids is 1. The molecular weight excluding hydrogens is 1600 g/mol. The number of fused-ring (bicyclic) bond motifs is 2. The topological polar surface area (TPSA) is 765 Å². The van der Waals surface area contributed by atoms with Crippen molar-refractivity contribution in [3.63, 3.8) is 0 Å². The van der Waals surface area contributed by atoms with Gasteiger partial charge < -0.3 is 107 Å². The number of aliphatic carboxylic acids is 1. The van der Waals surface area contributed by atoms with Crippen molar-refractivity contribution in [2.24, 2.45) is 10.8 Å². The van der Waals surface area contributed by atoms with Crippen LogP contribution in [-0.4, -0.2) is 256 Å². The van der Waals surface area contributed by atoms with E-state index in [1.807, 2.05) is 0 Å². The average molecular weight is 1680 g/mol. The van der Waals surface area contributed by atoms with Gasteiger partial charge in [-0.25, -0.2) is 57.3 Å². The minimum Gasteiger partial charge on any atom is -0.481 e. The summed E-state index contributed by atoms with van der Waals surface area (Å²) in [5, 5.41) is 60.4. The summed E-state index contributed by atoms with van der Waals surface area (Å²) in [5.41, 5.74) is 8.46. The molecule has 2 aliphatic heterocycles. The Morgan fingerprint density at radius 3 is 1.27 bits per heavy atom. The molecule has 0 bridgehead atoms. The normalized spacial score (nSPS) is 22.2. The first kappa shape index (κ1) is 91.2. The molecule has 0 radical (unpaired) electrons. The Labute approximate surface area is 606 Å². The third kappa shape index (κ3) is 29.1. The predicted octanol–water partition coefficient (Wildman–Crippen LogP) is -2.79. The van der Waals surface area contributed by atoms with Crippen LogP contribution in [0.5, 0.6) is 0 Å². The molecule has 4 aromatic heterocycles. The van der Waals surface area contributed by atoms with Crippen LogP contribution >= 0.6 is 70.5 Å². The maximum absolute atomic E-state index is 12.6. The number of thioether (sulfide) groups is 2. The lowest BCUT2D eigenvalue weighted by molar-refractivity contribution is -0.138. The van der Waals surface area contributed by atoms with Gasteiger partial charge in [0.25, 0.3) is 0 Å². The number of carbonyl (C=O) groups excluding carboxylic acids is 6. The number of amides is 4. The molecular formula is C48H78N14O36P6S2. The zero-order valence-corrected chi connectivity index (χ0v) is 62.9. The third-order valence-corrected chi connectivity index (χ3v) is 22.1. The monoisotopic (exact) mass is 1680 g/mol. The van der Waals surface area contributed by atoms with Gasteiger partial charge in [0, 0.05) is 74.7 Å². The van der Waals surface area contributed by atoms with E-state index in [0.29, 0.717) is 5.75 Å². The summed E-state index contributed by atoms with van der Waals surface area (Å²) in [6.45, 7) is 2.11. The number of rotatable bonds is 41. The fraction of sp³-hybridized carbons (Fsp3) is 0.646. The molecule has 2 fully saturated rings. The first-order chi connectivity index (χ1) is 48.9. The molecule has 6 heterocycles. The molecule has 58 heteroatoms. The number of nitrogens with one attached hydrogen (secondary N) is 4. The molecule has 0 aliphatic carbocycles. The number of hydrogen-bond donors (Lipinski definition) is 19. The summed E-state index contributed by atoms with van der Waals surface area (Å²) < 4.78 is 124. The molecule has 4 unspecified atom stereocenters. The molecule has 106 heavy (non-hydrogen) atoms. The number of phosphoric ester groups is 6. The quantitative estimate of drug-likeness (QED) is 0.0158. The van der Waals surface area contributed by atoms with Crippen LogP contribution in [0.4, 0.5) is 11.6 Å². The number of carbonyl (C=O) groups is 7. The molecule has 14 atom stereocenters. The van der Waals surface area contributed by atoms with Gasteiger partial charge in [0.2, 0.25) is 23.6 Å². The van der Waals surface area contributed by atoms with Crippen molar-refractivity contribution in [1.29, 1.82) is 0 Å². The van der Waals surface area contributed by atoms with Crippen LogP contribution in [0.25, 0.3) is 22.3 Å². The van der Waals surface area contributed by atoms with E-state index in [1.54, 1.807) is 0 Å². The van der Waals surface area contributed by atoms with Crippen LogP contribution in [0.15, 0.2) is 25.3 Å². The standard InChI is InChI=1S/C25H40N7O19P3S.C23H38N7O17P3S/c1-25(2,20(38)23(39)28-6-5-14(33)27-7-8-55-16(36)4-3-15(34)35)10-48-54(45,46)51-53(43,44)47-9-13-19(50-52(40,41)42)18(37)24(49-13)32-12-31-17-21(26)29-11-30-22(17)32;1-12(31)51-7-6-25-14(32)4-5-26-21(35)18(34)23(2,3)9-44-50(41,42)47-49(39,40)43-8-13-17(46-48(36,37)38)16(33)22(45-13)30-11-29-15-19(24)27-10-28-20(15)30/h11-13,18-20,24,37-38H,3-10H2,1-2H3,(H,27,33)(H,28,39)(H,34,35)(H,43,44)(H,45,46)(H2,26,29,30)(H2,40,41,42);10-11,13,16-18,22,33-34H,4-9H2,1-3H3,(H,25,32)(H,26,35)(H,39,40)(H,41,42)(H2,24,27,28)(H2,36,37,38)/t13-,18-,19-,20+,24-;13-,16-,17-,18+,22-/m11/s1. The Balaban J connectivity index is 0.000000382. The lowest BCUT2D eigenvalue weighted by Crippen LogP contribution is -2.46. The predicted molar refractivity (Wildman–Crippen MR) is 357 cm³/mol. The van der Waals surface area contributed by atoms with E-state index in [4.69, 9.17) is 44.1 Å². The molecule has 50 nitrogen and oxygen atoms in total. The number of carboxylic acid groups (broad SMARTS) is 1. The lowest BCUT2D eigenvalue weighted by atomic mass is 9.87. The van der Waals surface area contributed by atoms with Gasteiger partial charge in [0.1, 0.15) is 72.5 Å². The van der Waals surface area contributed by atoms with E-state index in [-0.39, 0.29) is 102 Å². The van der Waals surface area contributed by atoms with Crippen molar-refractivity contribution in [3.8, 4) is 0 Å². The van der Waals surface area contributed by atoms with E-state index in [1.165, 1.54) is 34.6 Å². The zero-order chi connectivity index (χ0) is 79.7. The van der Waals surface area contributed by atoms with Crippen molar-refractivity contribution in [2.45, 2.75) is 122 Å². The summed E-state index contributed by atoms with van der Waals surface area (Å²) in [7, 11) is -32.8. The highest BCUT2D eigenvalue weighted by Gasteiger charge is 2.53. The first-order valence-electron chi connectivity index (χ1n) is 30.2. The maximum atomic E-state index is 12.6. The molecule has 4 amide bonds. The smallest absolute Gasteiger partial charge is 0.481 e. The second-order valence-corrected chi connectivity index (χ2v) is 34.5. The highest BCUT2D eigenvalue weighted by Crippen LogP contribution is 2.63. The van der Waals surface area contributed by atoms with Crippen molar-refractivity contribution < 1.29 is 171 Å². The lowest BCUT2D eigenvalue weighted by Gasteiger charge is -2.30. The Hall–Kier alpha value is -5.41. The fourth-order valence-electron chi connectivity index (χ4n) is 8.90. The van der Waals surface area contributed by atoms with Gasteiger partial charge in [-0.2, -0.15) is 8.62 Å². The number of imidazole rings is 2. The van der Waals surface area contributed by atoms with Crippen LogP contribution in [0.2, 0.25) is 0 Å². The summed E-state index contributed by atoms with van der Waals surface area (Å²) in [6, 6.07) is 0. The molecule has 6 rings (SSSR count). The van der Waals surface area contributed by atoms with Crippen LogP contribution in [-0.2, 0) is 106 Å². The van der Waals surface area contributed by atoms with Gasteiger partial charge in [0.05, 0.1) is 45.5 Å². The largest absolute Gasteiger partial charge is 0.481 e. The highest BCUT2D eigenvalue weighted by atomic mass is 32.2. The Morgan fingerprint density at radius 1 is 0.547 bits per heavy atom. The van der Waals surface area contributed by atoms with Crippen molar-refractivity contribution in [1.82, 2.24) is 60.3 Å². The van der Waals surface area contributed by atoms with Crippen LogP contribution < -0.4 is 32.7 Å². The Kier molecular flexibility index (Phi) is 33.5. The number of aliphatic hydroxyl groups excluding tert-OH is 4. The van der Waals surface area contributed by atoms with Crippen molar-refractivity contribution >= 4 is 144 Å². The van der Waals surface area contributed by atoms with Crippen LogP contribution in [0.3, 0.4) is 0 Å². The molecule has 2 aliphatic rings. The number of aromatic nitrogens is 8. The molecule has 2 saturated heterocycles. The SMILES string of the molecule is CC(=O)SCCNC(=O)CCNC(=O)[C@H](O)C(C)(C)COP(=O)(O)OP(=O)(O)OC[C@H]1O[C@@H](n2cnc3c(N)ncnc32)[C@H](O)[C@@H]1OP(=O)(O)O.CC(C)(COP(=O)(O)OP(=O)(O)OC[C@H]1O[C@@H](n2cnc3c(N)ncnc32)[C@H](O)[C@@H]1OP(=O)(O)O)[C@@H](O)C(=O)NCCC(=O)NCCSC(=O)CCC(=O)O. The van der Waals surface area contributed by atoms with Crippen molar-refractivity contribution in [2.75, 3.05) is 75.6 Å². The van der Waals surface area contributed by atoms with Crippen LogP contribution in [0.1, 0.15) is 72.8 Å². The molecule has 21 N–H and O–H groups in total. The minimum absolute atomic E-state index is 0.0197. The van der Waals surface area contributed by atoms with E-state index < -0.39 is 175 Å². The maximum Gasteiger partial charge on any atom is 0.481 e. The molecule has 0 aromatic carbocycles. The number of aliphatic hydroxyl groups is 4. The van der Waals surface area contributed by atoms with Gasteiger partial charge in [-0.1, -0.05) is 51.2 Å². The number of hydrogen-bond acceptors (Lipinski definition) is 37.